The summed E-state index contributed by atoms with van der Waals surface area (Å²) >= 11 is 9.09. The fourth-order valence-corrected chi connectivity index (χ4v) is 2.54. The van der Waals surface area contributed by atoms with Crippen LogP contribution in [0.5, 0.6) is 5.75 Å². The number of phenolic OH excluding ortho intramolecular Hbond substituents is 1. The molecule has 0 atom stereocenters. The van der Waals surface area contributed by atoms with Crippen molar-refractivity contribution in [3.05, 3.63) is 39.6 Å². The number of amides is 1. The molecule has 2 N–H and O–H groups in total. The van der Waals surface area contributed by atoms with E-state index in [9.17, 15) is 9.90 Å². The Morgan fingerprint density at radius 1 is 1.55 bits per heavy atom. The van der Waals surface area contributed by atoms with Gasteiger partial charge in [0.05, 0.1) is 16.9 Å². The lowest BCUT2D eigenvalue weighted by molar-refractivity contribution is -0.116. The second-order valence-corrected chi connectivity index (χ2v) is 5.68. The van der Waals surface area contributed by atoms with Gasteiger partial charge in [0.1, 0.15) is 0 Å². The van der Waals surface area contributed by atoms with E-state index in [1.165, 1.54) is 0 Å². The van der Waals surface area contributed by atoms with Crippen LogP contribution in [0.15, 0.2) is 29.0 Å². The molecule has 0 aliphatic rings. The number of anilines is 1. The van der Waals surface area contributed by atoms with E-state index in [-0.39, 0.29) is 16.7 Å². The second-order valence-electron chi connectivity index (χ2n) is 4.35. The number of hydrogen-bond acceptors (Lipinski definition) is 3. The van der Waals surface area contributed by atoms with Crippen LogP contribution in [0.25, 0.3) is 0 Å². The standard InChI is InChI=1S/C13H13BrClN3O2/c1-18-7-8(6-16-18)2-3-12(19)17-11-5-9(14)4-10(15)13(11)20/h4-7,20H,2-3H2,1H3,(H,17,19). The van der Waals surface area contributed by atoms with Crippen molar-refractivity contribution in [1.29, 1.82) is 0 Å². The van der Waals surface area contributed by atoms with Gasteiger partial charge < -0.3 is 10.4 Å². The number of phenols is 1. The van der Waals surface area contributed by atoms with Crippen molar-refractivity contribution >= 4 is 39.1 Å². The maximum atomic E-state index is 11.9. The smallest absolute Gasteiger partial charge is 0.224 e. The van der Waals surface area contributed by atoms with Crippen molar-refractivity contribution in [3.8, 4) is 5.75 Å². The molecule has 1 heterocycles. The second kappa shape index (κ2) is 6.28. The van der Waals surface area contributed by atoms with E-state index in [2.05, 4.69) is 26.3 Å². The van der Waals surface area contributed by atoms with Crippen LogP contribution in [-0.2, 0) is 18.3 Å². The molecule has 5 nitrogen and oxygen atoms in total. The van der Waals surface area contributed by atoms with Crippen LogP contribution < -0.4 is 5.32 Å². The van der Waals surface area contributed by atoms with Gasteiger partial charge in [-0.25, -0.2) is 0 Å². The molecule has 0 saturated carbocycles. The van der Waals surface area contributed by atoms with Gasteiger partial charge in [0.15, 0.2) is 5.75 Å². The minimum atomic E-state index is -0.196. The van der Waals surface area contributed by atoms with Gasteiger partial charge in [-0.05, 0) is 24.1 Å². The van der Waals surface area contributed by atoms with Crippen LogP contribution in [-0.4, -0.2) is 20.8 Å². The zero-order valence-corrected chi connectivity index (χ0v) is 13.1. The first-order valence-corrected chi connectivity index (χ1v) is 7.08. The molecule has 0 saturated heterocycles. The van der Waals surface area contributed by atoms with Crippen LogP contribution >= 0.6 is 27.5 Å². The quantitative estimate of drug-likeness (QED) is 0.825. The monoisotopic (exact) mass is 357 g/mol. The summed E-state index contributed by atoms with van der Waals surface area (Å²) in [6.45, 7) is 0. The number of aromatic nitrogens is 2. The number of benzene rings is 1. The first-order valence-electron chi connectivity index (χ1n) is 5.91. The van der Waals surface area contributed by atoms with Gasteiger partial charge in [0.25, 0.3) is 0 Å². The largest absolute Gasteiger partial charge is 0.504 e. The third-order valence-corrected chi connectivity index (χ3v) is 3.45. The van der Waals surface area contributed by atoms with E-state index >= 15 is 0 Å². The summed E-state index contributed by atoms with van der Waals surface area (Å²) in [6, 6.07) is 3.16. The summed E-state index contributed by atoms with van der Waals surface area (Å²) in [5.74, 6) is -0.331. The Morgan fingerprint density at radius 3 is 2.95 bits per heavy atom. The van der Waals surface area contributed by atoms with Crippen molar-refractivity contribution < 1.29 is 9.90 Å². The number of aromatic hydroxyl groups is 1. The average molecular weight is 359 g/mol. The maximum Gasteiger partial charge on any atom is 0.224 e. The highest BCUT2D eigenvalue weighted by Gasteiger charge is 2.11. The van der Waals surface area contributed by atoms with E-state index in [0.29, 0.717) is 23.0 Å². The maximum absolute atomic E-state index is 11.9. The van der Waals surface area contributed by atoms with Crippen LogP contribution in [0.2, 0.25) is 5.02 Å². The van der Waals surface area contributed by atoms with Gasteiger partial charge in [-0.15, -0.1) is 0 Å². The Hall–Kier alpha value is -1.53. The summed E-state index contributed by atoms with van der Waals surface area (Å²) in [4.78, 5) is 11.9. The number of halogens is 2. The summed E-state index contributed by atoms with van der Waals surface area (Å²) in [7, 11) is 1.82. The topological polar surface area (TPSA) is 67.2 Å². The minimum absolute atomic E-state index is 0.135. The zero-order valence-electron chi connectivity index (χ0n) is 10.7. The first kappa shape index (κ1) is 14.9. The minimum Gasteiger partial charge on any atom is -0.504 e. The van der Waals surface area contributed by atoms with Crippen molar-refractivity contribution in [2.24, 2.45) is 7.05 Å². The summed E-state index contributed by atoms with van der Waals surface area (Å²) in [5.41, 5.74) is 1.28. The molecule has 0 radical (unpaired) electrons. The van der Waals surface area contributed by atoms with Crippen molar-refractivity contribution in [1.82, 2.24) is 9.78 Å². The van der Waals surface area contributed by atoms with Crippen LogP contribution in [0, 0.1) is 0 Å². The summed E-state index contributed by atoms with van der Waals surface area (Å²) < 4.78 is 2.37. The number of nitrogens with one attached hydrogen (secondary N) is 1. The molecule has 2 aromatic rings. The van der Waals surface area contributed by atoms with Gasteiger partial charge in [0.2, 0.25) is 5.91 Å². The van der Waals surface area contributed by atoms with Crippen molar-refractivity contribution in [2.45, 2.75) is 12.8 Å². The predicted octanol–water partition coefficient (Wildman–Crippen LogP) is 3.11. The molecular formula is C13H13BrClN3O2. The fourth-order valence-electron chi connectivity index (χ4n) is 1.73. The van der Waals surface area contributed by atoms with E-state index < -0.39 is 0 Å². The van der Waals surface area contributed by atoms with Crippen LogP contribution in [0.4, 0.5) is 5.69 Å². The van der Waals surface area contributed by atoms with E-state index in [0.717, 1.165) is 5.56 Å². The molecule has 106 valence electrons. The van der Waals surface area contributed by atoms with Crippen LogP contribution in [0.1, 0.15) is 12.0 Å². The molecule has 7 heteroatoms. The molecule has 1 amide bonds. The summed E-state index contributed by atoms with van der Waals surface area (Å²) in [5, 5.41) is 16.6. The van der Waals surface area contributed by atoms with E-state index in [1.54, 1.807) is 23.0 Å². The summed E-state index contributed by atoms with van der Waals surface area (Å²) in [6.07, 6.45) is 4.47. The fraction of sp³-hybridized carbons (Fsp3) is 0.231. The van der Waals surface area contributed by atoms with Crippen molar-refractivity contribution in [2.75, 3.05) is 5.32 Å². The van der Waals surface area contributed by atoms with Gasteiger partial charge in [-0.2, -0.15) is 5.10 Å². The van der Waals surface area contributed by atoms with Crippen molar-refractivity contribution in [3.63, 3.8) is 0 Å². The Labute approximate surface area is 129 Å². The lowest BCUT2D eigenvalue weighted by atomic mass is 10.2. The number of carbonyl (C=O) groups is 1. The molecule has 1 aromatic carbocycles. The molecule has 0 unspecified atom stereocenters. The number of carbonyl (C=O) groups excluding carboxylic acids is 1. The number of aryl methyl sites for hydroxylation is 2. The van der Waals surface area contributed by atoms with Gasteiger partial charge >= 0.3 is 0 Å². The SMILES string of the molecule is Cn1cc(CCC(=O)Nc2cc(Br)cc(Cl)c2O)cn1. The highest BCUT2D eigenvalue weighted by atomic mass is 79.9. The highest BCUT2D eigenvalue weighted by Crippen LogP contribution is 2.35. The molecule has 0 aliphatic carbocycles. The molecular weight excluding hydrogens is 346 g/mol. The molecule has 1 aromatic heterocycles. The molecule has 2 rings (SSSR count). The van der Waals surface area contributed by atoms with Gasteiger partial charge in [-0.3, -0.25) is 9.48 Å². The zero-order chi connectivity index (χ0) is 14.7. The highest BCUT2D eigenvalue weighted by molar-refractivity contribution is 9.10. The number of rotatable bonds is 4. The molecule has 20 heavy (non-hydrogen) atoms. The molecule has 0 spiro atoms. The van der Waals surface area contributed by atoms with Crippen LogP contribution in [0.3, 0.4) is 0 Å². The Kier molecular flexibility index (Phi) is 4.67. The first-order chi connectivity index (χ1) is 9.45. The Morgan fingerprint density at radius 2 is 2.30 bits per heavy atom. The molecule has 0 aliphatic heterocycles. The number of nitrogens with zero attached hydrogens (tertiary/aromatic N) is 2. The van der Waals surface area contributed by atoms with Gasteiger partial charge in [-0.1, -0.05) is 27.5 Å². The van der Waals surface area contributed by atoms with E-state index in [4.69, 9.17) is 11.6 Å². The molecule has 0 fully saturated rings. The Bertz CT molecular complexity index is 643. The Balaban J connectivity index is 1.98. The van der Waals surface area contributed by atoms with Gasteiger partial charge in [0, 0.05) is 24.1 Å². The third kappa shape index (κ3) is 3.74. The number of hydrogen-bond donors (Lipinski definition) is 2. The molecule has 0 bridgehead atoms. The van der Waals surface area contributed by atoms with E-state index in [1.807, 2.05) is 13.2 Å². The average Bonchev–Trinajstić information content (AvgIpc) is 2.79. The predicted molar refractivity (Wildman–Crippen MR) is 81.0 cm³/mol. The lowest BCUT2D eigenvalue weighted by Crippen LogP contribution is -2.12. The third-order valence-electron chi connectivity index (χ3n) is 2.70. The normalized spacial score (nSPS) is 10.6. The lowest BCUT2D eigenvalue weighted by Gasteiger charge is -2.09.